The monoisotopic (exact) mass is 330 g/mol. The van der Waals surface area contributed by atoms with Crippen molar-refractivity contribution in [2.24, 2.45) is 0 Å². The highest BCUT2D eigenvalue weighted by Crippen LogP contribution is 2.31. The summed E-state index contributed by atoms with van der Waals surface area (Å²) in [5.74, 6) is 0. The summed E-state index contributed by atoms with van der Waals surface area (Å²) in [7, 11) is 3.93. The molecular weight excluding hydrogens is 308 g/mol. The second-order valence-electron chi connectivity index (χ2n) is 5.66. The first kappa shape index (κ1) is 16.6. The molecule has 0 bridgehead atoms. The molecule has 1 heterocycles. The average molecular weight is 331 g/mol. The van der Waals surface area contributed by atoms with Crippen molar-refractivity contribution in [1.82, 2.24) is 14.7 Å². The van der Waals surface area contributed by atoms with Gasteiger partial charge >= 0.3 is 0 Å². The number of thioether (sulfide) groups is 1. The summed E-state index contributed by atoms with van der Waals surface area (Å²) < 4.78 is 1.42. The van der Waals surface area contributed by atoms with Gasteiger partial charge in [0.25, 0.3) is 5.56 Å². The third-order valence-corrected chi connectivity index (χ3v) is 5.38. The minimum absolute atomic E-state index is 0.220. The van der Waals surface area contributed by atoms with Gasteiger partial charge in [0.1, 0.15) is 5.02 Å². The van der Waals surface area contributed by atoms with Crippen LogP contribution in [0.4, 0.5) is 5.69 Å². The molecule has 0 aliphatic heterocycles. The number of hydrogen-bond acceptors (Lipinski definition) is 5. The number of anilines is 1. The van der Waals surface area contributed by atoms with Gasteiger partial charge in [-0.25, -0.2) is 4.68 Å². The maximum absolute atomic E-state index is 12.2. The fraction of sp³-hybridized carbons (Fsp3) is 0.714. The number of aromatic nitrogens is 2. The zero-order chi connectivity index (χ0) is 15.4. The van der Waals surface area contributed by atoms with Crippen LogP contribution in [0.3, 0.4) is 0 Å². The van der Waals surface area contributed by atoms with Crippen LogP contribution < -0.4 is 10.9 Å². The van der Waals surface area contributed by atoms with Gasteiger partial charge in [0.2, 0.25) is 0 Å². The largest absolute Gasteiger partial charge is 0.379 e. The Morgan fingerprint density at radius 3 is 2.95 bits per heavy atom. The van der Waals surface area contributed by atoms with E-state index < -0.39 is 0 Å². The Balaban J connectivity index is 2.11. The van der Waals surface area contributed by atoms with E-state index >= 15 is 0 Å². The van der Waals surface area contributed by atoms with Gasteiger partial charge in [0.15, 0.2) is 0 Å². The smallest absolute Gasteiger partial charge is 0.287 e. The molecule has 1 aliphatic carbocycles. The van der Waals surface area contributed by atoms with E-state index in [4.69, 9.17) is 11.6 Å². The van der Waals surface area contributed by atoms with E-state index in [9.17, 15) is 4.79 Å². The zero-order valence-electron chi connectivity index (χ0n) is 12.8. The molecule has 1 saturated carbocycles. The minimum atomic E-state index is -0.220. The molecule has 118 valence electrons. The standard InChI is InChI=1S/C14H23ClN4OS/c1-18(2)7-8-19-14(20)13(15)11(9-16-19)17-10-5-4-6-12(10)21-3/h9-10,12,17H,4-8H2,1-3H3. The number of nitrogens with zero attached hydrogens (tertiary/aromatic N) is 3. The maximum atomic E-state index is 12.2. The summed E-state index contributed by atoms with van der Waals surface area (Å²) in [6, 6.07) is 0.372. The van der Waals surface area contributed by atoms with Crippen molar-refractivity contribution >= 4 is 29.1 Å². The predicted octanol–water partition coefficient (Wildman–Crippen LogP) is 2.15. The lowest BCUT2D eigenvalue weighted by Gasteiger charge is -2.21. The minimum Gasteiger partial charge on any atom is -0.379 e. The van der Waals surface area contributed by atoms with Crippen molar-refractivity contribution in [3.05, 3.63) is 21.6 Å². The predicted molar refractivity (Wildman–Crippen MR) is 90.6 cm³/mol. The van der Waals surface area contributed by atoms with Crippen LogP contribution >= 0.6 is 23.4 Å². The first-order valence-corrected chi connectivity index (χ1v) is 8.89. The fourth-order valence-electron chi connectivity index (χ4n) is 2.59. The van der Waals surface area contributed by atoms with Gasteiger partial charge in [0.05, 0.1) is 18.4 Å². The molecule has 2 atom stereocenters. The van der Waals surface area contributed by atoms with Gasteiger partial charge in [-0.3, -0.25) is 4.79 Å². The lowest BCUT2D eigenvalue weighted by molar-refractivity contribution is 0.367. The second-order valence-corrected chi connectivity index (χ2v) is 7.11. The Morgan fingerprint density at radius 2 is 2.29 bits per heavy atom. The Morgan fingerprint density at radius 1 is 1.52 bits per heavy atom. The van der Waals surface area contributed by atoms with Crippen molar-refractivity contribution in [2.45, 2.75) is 37.1 Å². The van der Waals surface area contributed by atoms with Gasteiger partial charge in [-0.2, -0.15) is 16.9 Å². The van der Waals surface area contributed by atoms with Crippen LogP contribution in [0.5, 0.6) is 0 Å². The van der Waals surface area contributed by atoms with Crippen molar-refractivity contribution < 1.29 is 0 Å². The quantitative estimate of drug-likeness (QED) is 0.866. The van der Waals surface area contributed by atoms with Crippen molar-refractivity contribution in [1.29, 1.82) is 0 Å². The summed E-state index contributed by atoms with van der Waals surface area (Å²) in [6.45, 7) is 1.30. The highest BCUT2D eigenvalue weighted by molar-refractivity contribution is 7.99. The molecule has 1 aliphatic rings. The molecule has 7 heteroatoms. The van der Waals surface area contributed by atoms with E-state index in [0.717, 1.165) is 13.0 Å². The average Bonchev–Trinajstić information content (AvgIpc) is 2.90. The Labute approximate surface area is 135 Å². The molecule has 0 saturated heterocycles. The summed E-state index contributed by atoms with van der Waals surface area (Å²) in [5, 5.41) is 8.46. The lowest BCUT2D eigenvalue weighted by Crippen LogP contribution is -2.31. The molecule has 21 heavy (non-hydrogen) atoms. The first-order chi connectivity index (χ1) is 10.0. The number of halogens is 1. The van der Waals surface area contributed by atoms with Crippen LogP contribution in [0.15, 0.2) is 11.0 Å². The Kier molecular flexibility index (Phi) is 5.96. The number of nitrogens with one attached hydrogen (secondary N) is 1. The fourth-order valence-corrected chi connectivity index (χ4v) is 3.73. The van der Waals surface area contributed by atoms with E-state index in [1.807, 2.05) is 30.8 Å². The van der Waals surface area contributed by atoms with E-state index in [1.165, 1.54) is 17.5 Å². The Hall–Kier alpha value is -0.720. The molecule has 0 aromatic carbocycles. The highest BCUT2D eigenvalue weighted by Gasteiger charge is 2.27. The first-order valence-electron chi connectivity index (χ1n) is 7.22. The maximum Gasteiger partial charge on any atom is 0.287 e. The van der Waals surface area contributed by atoms with E-state index in [1.54, 1.807) is 6.20 Å². The van der Waals surface area contributed by atoms with E-state index in [-0.39, 0.29) is 10.6 Å². The van der Waals surface area contributed by atoms with Crippen LogP contribution in [0.2, 0.25) is 5.02 Å². The van der Waals surface area contributed by atoms with Crippen LogP contribution in [0.1, 0.15) is 19.3 Å². The third-order valence-electron chi connectivity index (χ3n) is 3.84. The van der Waals surface area contributed by atoms with E-state index in [2.05, 4.69) is 16.7 Å². The van der Waals surface area contributed by atoms with Crippen LogP contribution in [-0.2, 0) is 6.54 Å². The number of rotatable bonds is 6. The van der Waals surface area contributed by atoms with Crippen LogP contribution in [0, 0.1) is 0 Å². The number of hydrogen-bond donors (Lipinski definition) is 1. The molecule has 0 amide bonds. The normalized spacial score (nSPS) is 22.0. The molecule has 1 aromatic rings. The van der Waals surface area contributed by atoms with Gasteiger partial charge < -0.3 is 10.2 Å². The highest BCUT2D eigenvalue weighted by atomic mass is 35.5. The SMILES string of the molecule is CSC1CCCC1Nc1cnn(CCN(C)C)c(=O)c1Cl. The summed E-state index contributed by atoms with van der Waals surface area (Å²) in [6.07, 6.45) is 7.35. The molecular formula is C14H23ClN4OS. The molecule has 2 unspecified atom stereocenters. The van der Waals surface area contributed by atoms with Gasteiger partial charge in [0, 0.05) is 17.8 Å². The molecule has 0 radical (unpaired) electrons. The van der Waals surface area contributed by atoms with Crippen molar-refractivity contribution in [2.75, 3.05) is 32.2 Å². The second kappa shape index (κ2) is 7.51. The zero-order valence-corrected chi connectivity index (χ0v) is 14.4. The molecule has 5 nitrogen and oxygen atoms in total. The van der Waals surface area contributed by atoms with Gasteiger partial charge in [-0.05, 0) is 33.2 Å². The van der Waals surface area contributed by atoms with Gasteiger partial charge in [-0.1, -0.05) is 18.0 Å². The van der Waals surface area contributed by atoms with Crippen molar-refractivity contribution in [3.63, 3.8) is 0 Å². The number of likely N-dealkylation sites (N-methyl/N-ethyl adjacent to an activating group) is 1. The van der Waals surface area contributed by atoms with Gasteiger partial charge in [-0.15, -0.1) is 0 Å². The lowest BCUT2D eigenvalue weighted by atomic mass is 10.2. The topological polar surface area (TPSA) is 50.2 Å². The summed E-state index contributed by atoms with van der Waals surface area (Å²) in [5.41, 5.74) is 0.441. The van der Waals surface area contributed by atoms with Crippen LogP contribution in [0.25, 0.3) is 0 Å². The molecule has 1 fully saturated rings. The molecule has 2 rings (SSSR count). The summed E-state index contributed by atoms with van der Waals surface area (Å²) in [4.78, 5) is 14.2. The summed E-state index contributed by atoms with van der Waals surface area (Å²) >= 11 is 8.10. The molecule has 1 aromatic heterocycles. The van der Waals surface area contributed by atoms with Crippen molar-refractivity contribution in [3.8, 4) is 0 Å². The Bertz CT molecular complexity index is 534. The van der Waals surface area contributed by atoms with E-state index in [0.29, 0.717) is 23.5 Å². The van der Waals surface area contributed by atoms with Crippen LogP contribution in [-0.4, -0.2) is 52.9 Å². The third kappa shape index (κ3) is 4.14. The molecule has 0 spiro atoms. The molecule has 1 N–H and O–H groups in total.